The van der Waals surface area contributed by atoms with Gasteiger partial charge in [0.1, 0.15) is 23.7 Å². The number of aromatic nitrogens is 2. The minimum Gasteiger partial charge on any atom is -0.491 e. The van der Waals surface area contributed by atoms with Crippen LogP contribution in [-0.2, 0) is 0 Å². The number of benzene rings is 2. The van der Waals surface area contributed by atoms with Gasteiger partial charge in [0.2, 0.25) is 0 Å². The molecule has 0 unspecified atom stereocenters. The number of rotatable bonds is 5. The van der Waals surface area contributed by atoms with Gasteiger partial charge in [-0.2, -0.15) is 0 Å². The van der Waals surface area contributed by atoms with Gasteiger partial charge in [-0.3, -0.25) is 0 Å². The molecular weight excluding hydrogens is 391 g/mol. The summed E-state index contributed by atoms with van der Waals surface area (Å²) in [6, 6.07) is 8.63. The fourth-order valence-corrected chi connectivity index (χ4v) is 5.38. The number of hydrogen-bond acceptors (Lipinski definition) is 5. The fourth-order valence-electron chi connectivity index (χ4n) is 5.38. The Bertz CT molecular complexity index is 1100. The minimum absolute atomic E-state index is 0.231. The zero-order valence-electron chi connectivity index (χ0n) is 18.0. The van der Waals surface area contributed by atoms with E-state index in [2.05, 4.69) is 15.3 Å². The fraction of sp³-hybridized carbons (Fsp3) is 0.440. The third kappa shape index (κ3) is 4.03. The molecule has 3 aromatic rings. The van der Waals surface area contributed by atoms with Crippen LogP contribution in [0.1, 0.15) is 50.5 Å². The maximum atomic E-state index is 13.6. The maximum absolute atomic E-state index is 13.6. The van der Waals surface area contributed by atoms with E-state index >= 15 is 0 Å². The Kier molecular flexibility index (Phi) is 5.16. The maximum Gasteiger partial charge on any atom is 0.144 e. The van der Waals surface area contributed by atoms with Crippen molar-refractivity contribution in [2.75, 3.05) is 17.7 Å². The molecule has 0 amide bonds. The predicted molar refractivity (Wildman–Crippen MR) is 122 cm³/mol. The molecule has 0 saturated heterocycles. The van der Waals surface area contributed by atoms with Gasteiger partial charge in [0.15, 0.2) is 0 Å². The second-order valence-corrected chi connectivity index (χ2v) is 9.36. The van der Waals surface area contributed by atoms with Crippen LogP contribution in [0.15, 0.2) is 36.7 Å². The van der Waals surface area contributed by atoms with Crippen molar-refractivity contribution in [1.29, 1.82) is 0 Å². The Labute approximate surface area is 182 Å². The number of aryl methyl sites for hydroxylation is 1. The van der Waals surface area contributed by atoms with E-state index in [9.17, 15) is 4.39 Å². The van der Waals surface area contributed by atoms with Gasteiger partial charge in [0.25, 0.3) is 0 Å². The summed E-state index contributed by atoms with van der Waals surface area (Å²) in [7, 11) is 0. The summed E-state index contributed by atoms with van der Waals surface area (Å²) in [6.07, 6.45) is 11.0. The van der Waals surface area contributed by atoms with Crippen molar-refractivity contribution in [3.8, 4) is 5.75 Å². The molecule has 2 saturated carbocycles. The van der Waals surface area contributed by atoms with Crippen molar-refractivity contribution in [2.45, 2.75) is 51.9 Å². The summed E-state index contributed by atoms with van der Waals surface area (Å²) < 4.78 is 19.7. The Morgan fingerprint density at radius 2 is 1.94 bits per heavy atom. The van der Waals surface area contributed by atoms with E-state index in [-0.39, 0.29) is 5.82 Å². The number of anilines is 3. The van der Waals surface area contributed by atoms with Crippen molar-refractivity contribution in [2.24, 2.45) is 11.3 Å². The van der Waals surface area contributed by atoms with Crippen LogP contribution in [0.4, 0.5) is 21.6 Å². The lowest BCUT2D eigenvalue weighted by Crippen LogP contribution is -2.41. The summed E-state index contributed by atoms with van der Waals surface area (Å²) in [6.45, 7) is 2.45. The molecule has 162 valence electrons. The molecule has 2 fully saturated rings. The van der Waals surface area contributed by atoms with Gasteiger partial charge < -0.3 is 15.8 Å². The molecule has 0 radical (unpaired) electrons. The first-order valence-electron chi connectivity index (χ1n) is 11.2. The lowest BCUT2D eigenvalue weighted by atomic mass is 9.56. The highest BCUT2D eigenvalue weighted by Gasteiger charge is 2.44. The Hall–Kier alpha value is -2.89. The zero-order valence-corrected chi connectivity index (χ0v) is 18.0. The molecule has 2 aliphatic rings. The molecule has 0 atom stereocenters. The van der Waals surface area contributed by atoms with Gasteiger partial charge in [-0.15, -0.1) is 0 Å². The van der Waals surface area contributed by atoms with E-state index in [4.69, 9.17) is 10.5 Å². The molecule has 3 N–H and O–H groups in total. The topological polar surface area (TPSA) is 73.1 Å². The first-order valence-corrected chi connectivity index (χ1v) is 11.2. The van der Waals surface area contributed by atoms with Crippen molar-refractivity contribution < 1.29 is 9.13 Å². The average Bonchev–Trinajstić information content (AvgIpc) is 2.74. The molecule has 31 heavy (non-hydrogen) atoms. The highest BCUT2D eigenvalue weighted by Crippen LogP contribution is 2.54. The largest absolute Gasteiger partial charge is 0.491 e. The third-order valence-electron chi connectivity index (χ3n) is 7.02. The van der Waals surface area contributed by atoms with Gasteiger partial charge >= 0.3 is 0 Å². The first kappa shape index (κ1) is 20.0. The van der Waals surface area contributed by atoms with E-state index < -0.39 is 0 Å². The molecule has 5 rings (SSSR count). The predicted octanol–water partition coefficient (Wildman–Crippen LogP) is 6.14. The van der Waals surface area contributed by atoms with Crippen LogP contribution < -0.4 is 15.8 Å². The molecule has 1 spiro atoms. The highest BCUT2D eigenvalue weighted by molar-refractivity contribution is 5.94. The molecule has 0 aliphatic heterocycles. The highest BCUT2D eigenvalue weighted by atomic mass is 19.1. The number of fused-ring (bicyclic) bond motifs is 1. The SMILES string of the molecule is Cc1cc(Nc2ncnc3cc(OCC4CC5(CCCCC5)C4)c(N)cc23)ccc1F. The zero-order chi connectivity index (χ0) is 21.4. The van der Waals surface area contributed by atoms with Crippen LogP contribution in [0.25, 0.3) is 10.9 Å². The number of nitrogens with two attached hydrogens (primary N) is 1. The molecule has 0 bridgehead atoms. The molecule has 1 aromatic heterocycles. The number of nitrogen functional groups attached to an aromatic ring is 1. The summed E-state index contributed by atoms with van der Waals surface area (Å²) in [5.41, 5.74) is 9.60. The second kappa shape index (κ2) is 7.98. The van der Waals surface area contributed by atoms with Gasteiger partial charge in [-0.1, -0.05) is 19.3 Å². The summed E-state index contributed by atoms with van der Waals surface area (Å²) in [4.78, 5) is 8.76. The van der Waals surface area contributed by atoms with Crippen molar-refractivity contribution in [3.05, 3.63) is 48.0 Å². The lowest BCUT2D eigenvalue weighted by Gasteiger charge is -2.50. The average molecular weight is 421 g/mol. The van der Waals surface area contributed by atoms with Crippen molar-refractivity contribution in [1.82, 2.24) is 9.97 Å². The smallest absolute Gasteiger partial charge is 0.144 e. The van der Waals surface area contributed by atoms with Crippen molar-refractivity contribution in [3.63, 3.8) is 0 Å². The summed E-state index contributed by atoms with van der Waals surface area (Å²) in [5.74, 6) is 1.70. The van der Waals surface area contributed by atoms with E-state index in [0.29, 0.717) is 40.8 Å². The number of nitrogens with one attached hydrogen (secondary N) is 1. The van der Waals surface area contributed by atoms with Crippen LogP contribution in [0, 0.1) is 24.1 Å². The number of nitrogens with zero attached hydrogens (tertiary/aromatic N) is 2. The number of hydrogen-bond donors (Lipinski definition) is 2. The molecule has 2 aromatic carbocycles. The van der Waals surface area contributed by atoms with Gasteiger partial charge in [-0.25, -0.2) is 14.4 Å². The van der Waals surface area contributed by atoms with E-state index in [1.807, 2.05) is 12.1 Å². The van der Waals surface area contributed by atoms with Crippen LogP contribution in [0.5, 0.6) is 5.75 Å². The van der Waals surface area contributed by atoms with Gasteiger partial charge in [0.05, 0.1) is 17.8 Å². The number of ether oxygens (including phenoxy) is 1. The molecule has 2 aliphatic carbocycles. The number of halogens is 1. The van der Waals surface area contributed by atoms with Crippen LogP contribution in [0.3, 0.4) is 0 Å². The van der Waals surface area contributed by atoms with Gasteiger partial charge in [-0.05, 0) is 73.8 Å². The van der Waals surface area contributed by atoms with Gasteiger partial charge in [0, 0.05) is 17.1 Å². The second-order valence-electron chi connectivity index (χ2n) is 9.36. The van der Waals surface area contributed by atoms with E-state index in [1.165, 1.54) is 57.3 Å². The van der Waals surface area contributed by atoms with Crippen LogP contribution in [-0.4, -0.2) is 16.6 Å². The first-order chi connectivity index (χ1) is 15.0. The quantitative estimate of drug-likeness (QED) is 0.485. The molecular formula is C25H29FN4O. The standard InChI is InChI=1S/C25H29FN4O/c1-16-9-18(5-6-20(16)26)30-24-19-10-21(27)23(11-22(19)28-15-29-24)31-14-17-12-25(13-17)7-3-2-4-8-25/h5-6,9-11,15,17H,2-4,7-8,12-14,27H2,1H3,(H,28,29,30). The molecule has 6 heteroatoms. The third-order valence-corrected chi connectivity index (χ3v) is 7.02. The Balaban J connectivity index is 1.30. The molecule has 5 nitrogen and oxygen atoms in total. The van der Waals surface area contributed by atoms with E-state index in [1.54, 1.807) is 19.1 Å². The lowest BCUT2D eigenvalue weighted by molar-refractivity contribution is -0.00749. The Morgan fingerprint density at radius 1 is 1.13 bits per heavy atom. The monoisotopic (exact) mass is 420 g/mol. The molecule has 1 heterocycles. The van der Waals surface area contributed by atoms with Crippen LogP contribution in [0.2, 0.25) is 0 Å². The summed E-state index contributed by atoms with van der Waals surface area (Å²) in [5, 5.41) is 4.05. The summed E-state index contributed by atoms with van der Waals surface area (Å²) >= 11 is 0. The van der Waals surface area contributed by atoms with Crippen molar-refractivity contribution >= 4 is 28.1 Å². The minimum atomic E-state index is -0.231. The normalized spacial score (nSPS) is 18.1. The Morgan fingerprint density at radius 3 is 2.71 bits per heavy atom. The van der Waals surface area contributed by atoms with E-state index in [0.717, 1.165) is 16.6 Å². The van der Waals surface area contributed by atoms with Crippen LogP contribution >= 0.6 is 0 Å².